The molecule has 0 aliphatic heterocycles. The van der Waals surface area contributed by atoms with Crippen LogP contribution in [0.3, 0.4) is 0 Å². The summed E-state index contributed by atoms with van der Waals surface area (Å²) in [6.45, 7) is 4.81. The van der Waals surface area contributed by atoms with E-state index in [9.17, 15) is 4.79 Å². The maximum absolute atomic E-state index is 12.4. The molecule has 0 saturated heterocycles. The zero-order chi connectivity index (χ0) is 17.1. The van der Waals surface area contributed by atoms with Crippen LogP contribution in [0.2, 0.25) is 0 Å². The van der Waals surface area contributed by atoms with Gasteiger partial charge in [-0.3, -0.25) is 9.89 Å². The van der Waals surface area contributed by atoms with Crippen molar-refractivity contribution < 1.29 is 4.79 Å². The Morgan fingerprint density at radius 3 is 2.75 bits per heavy atom. The van der Waals surface area contributed by atoms with E-state index in [-0.39, 0.29) is 17.9 Å². The van der Waals surface area contributed by atoms with Gasteiger partial charge in [0.15, 0.2) is 0 Å². The molecular weight excluding hydrogens is 300 g/mol. The predicted molar refractivity (Wildman–Crippen MR) is 94.6 cm³/mol. The van der Waals surface area contributed by atoms with Crippen molar-refractivity contribution in [3.63, 3.8) is 0 Å². The van der Waals surface area contributed by atoms with Crippen LogP contribution in [-0.2, 0) is 17.6 Å². The molecule has 0 saturated carbocycles. The third-order valence-electron chi connectivity index (χ3n) is 4.92. The van der Waals surface area contributed by atoms with Crippen molar-refractivity contribution in [1.29, 1.82) is 0 Å². The first-order chi connectivity index (χ1) is 11.5. The van der Waals surface area contributed by atoms with Crippen LogP contribution in [0.1, 0.15) is 54.6 Å². The number of rotatable bonds is 5. The Morgan fingerprint density at radius 2 is 2.04 bits per heavy atom. The Kier molecular flexibility index (Phi) is 5.00. The number of hydrogen-bond acceptors (Lipinski definition) is 3. The minimum Gasteiger partial charge on any atom is -0.354 e. The molecule has 0 bridgehead atoms. The Balaban J connectivity index is 1.52. The molecule has 1 heterocycles. The fraction of sp³-hybridized carbons (Fsp3) is 0.474. The Bertz CT molecular complexity index is 690. The summed E-state index contributed by atoms with van der Waals surface area (Å²) < 4.78 is 0. The fourth-order valence-electron chi connectivity index (χ4n) is 3.23. The third-order valence-corrected chi connectivity index (χ3v) is 4.92. The highest BCUT2D eigenvalue weighted by Crippen LogP contribution is 2.24. The topological polar surface area (TPSA) is 83.8 Å². The first-order valence-corrected chi connectivity index (χ1v) is 8.69. The molecule has 3 rings (SSSR count). The van der Waals surface area contributed by atoms with Gasteiger partial charge in [0.2, 0.25) is 5.91 Å². The molecule has 24 heavy (non-hydrogen) atoms. The van der Waals surface area contributed by atoms with Crippen molar-refractivity contribution in [2.45, 2.75) is 45.1 Å². The number of benzene rings is 1. The molecule has 0 fully saturated rings. The quantitative estimate of drug-likeness (QED) is 0.789. The maximum atomic E-state index is 12.4. The van der Waals surface area contributed by atoms with Crippen LogP contribution in [0.25, 0.3) is 0 Å². The second-order valence-corrected chi connectivity index (χ2v) is 6.99. The summed E-state index contributed by atoms with van der Waals surface area (Å²) in [5.74, 6) is 0.603. The number of nitrogens with two attached hydrogens (primary N) is 1. The number of fused-ring (bicyclic) bond motifs is 1. The first kappa shape index (κ1) is 16.7. The summed E-state index contributed by atoms with van der Waals surface area (Å²) in [5.41, 5.74) is 10.9. The van der Waals surface area contributed by atoms with Crippen LogP contribution in [0.5, 0.6) is 0 Å². The number of nitrogens with one attached hydrogen (secondary N) is 2. The largest absolute Gasteiger partial charge is 0.354 e. The molecule has 0 radical (unpaired) electrons. The molecule has 5 heteroatoms. The van der Waals surface area contributed by atoms with E-state index < -0.39 is 0 Å². The Hall–Kier alpha value is -2.14. The van der Waals surface area contributed by atoms with Gasteiger partial charge in [-0.25, -0.2) is 0 Å². The van der Waals surface area contributed by atoms with E-state index in [0.717, 1.165) is 30.5 Å². The van der Waals surface area contributed by atoms with Crippen molar-refractivity contribution in [3.05, 3.63) is 52.8 Å². The van der Waals surface area contributed by atoms with Crippen LogP contribution in [0, 0.1) is 5.92 Å². The zero-order valence-electron chi connectivity index (χ0n) is 14.4. The van der Waals surface area contributed by atoms with Gasteiger partial charge in [0.1, 0.15) is 0 Å². The lowest BCUT2D eigenvalue weighted by molar-refractivity contribution is -0.125. The van der Waals surface area contributed by atoms with E-state index in [1.54, 1.807) is 0 Å². The van der Waals surface area contributed by atoms with Gasteiger partial charge in [-0.2, -0.15) is 5.10 Å². The summed E-state index contributed by atoms with van der Waals surface area (Å²) in [7, 11) is 0. The van der Waals surface area contributed by atoms with Crippen molar-refractivity contribution in [2.75, 3.05) is 6.54 Å². The molecule has 1 aromatic heterocycles. The van der Waals surface area contributed by atoms with Crippen LogP contribution in [0.4, 0.5) is 0 Å². The van der Waals surface area contributed by atoms with Gasteiger partial charge < -0.3 is 11.1 Å². The monoisotopic (exact) mass is 326 g/mol. The summed E-state index contributed by atoms with van der Waals surface area (Å²) in [4.78, 5) is 12.4. The van der Waals surface area contributed by atoms with Crippen LogP contribution >= 0.6 is 0 Å². The third kappa shape index (κ3) is 3.67. The number of amides is 1. The standard InChI is InChI=1S/C19H26N4O/c1-12(2)13-3-5-14(6-4-13)17(20)11-21-19(24)15-7-8-16-10-22-23-18(16)9-15/h3-6,10,12,15,17H,7-9,11,20H2,1-2H3,(H,21,24)(H,22,23). The second-order valence-electron chi connectivity index (χ2n) is 6.99. The van der Waals surface area contributed by atoms with Crippen LogP contribution in [-0.4, -0.2) is 22.6 Å². The average Bonchev–Trinajstić information content (AvgIpc) is 3.07. The Labute approximate surface area is 143 Å². The van der Waals surface area contributed by atoms with Gasteiger partial charge in [0.05, 0.1) is 6.20 Å². The van der Waals surface area contributed by atoms with Gasteiger partial charge in [-0.1, -0.05) is 38.1 Å². The second kappa shape index (κ2) is 7.18. The van der Waals surface area contributed by atoms with Crippen LogP contribution < -0.4 is 11.1 Å². The lowest BCUT2D eigenvalue weighted by Crippen LogP contribution is -2.38. The van der Waals surface area contributed by atoms with Gasteiger partial charge in [-0.15, -0.1) is 0 Å². The molecule has 5 nitrogen and oxygen atoms in total. The molecule has 1 amide bonds. The predicted octanol–water partition coefficient (Wildman–Crippen LogP) is 2.45. The summed E-state index contributed by atoms with van der Waals surface area (Å²) in [6.07, 6.45) is 4.38. The normalized spacial score (nSPS) is 18.2. The zero-order valence-corrected chi connectivity index (χ0v) is 14.4. The van der Waals surface area contributed by atoms with Crippen LogP contribution in [0.15, 0.2) is 30.5 Å². The smallest absolute Gasteiger partial charge is 0.223 e. The van der Waals surface area contributed by atoms with Crippen molar-refractivity contribution in [1.82, 2.24) is 15.5 Å². The number of aromatic nitrogens is 2. The number of aryl methyl sites for hydroxylation is 1. The molecule has 128 valence electrons. The average molecular weight is 326 g/mol. The molecule has 2 aromatic rings. The number of aromatic amines is 1. The highest BCUT2D eigenvalue weighted by atomic mass is 16.1. The molecule has 1 aliphatic carbocycles. The molecular formula is C19H26N4O. The summed E-state index contributed by atoms with van der Waals surface area (Å²) in [5, 5.41) is 10.1. The van der Waals surface area contributed by atoms with E-state index in [1.807, 2.05) is 6.20 Å². The van der Waals surface area contributed by atoms with E-state index in [2.05, 4.69) is 53.6 Å². The molecule has 4 N–H and O–H groups in total. The highest BCUT2D eigenvalue weighted by molar-refractivity contribution is 5.79. The lowest BCUT2D eigenvalue weighted by Gasteiger charge is -2.22. The number of hydrogen-bond donors (Lipinski definition) is 3. The van der Waals surface area contributed by atoms with E-state index >= 15 is 0 Å². The van der Waals surface area contributed by atoms with Crippen molar-refractivity contribution >= 4 is 5.91 Å². The number of nitrogens with zero attached hydrogens (tertiary/aromatic N) is 1. The first-order valence-electron chi connectivity index (χ1n) is 8.69. The molecule has 0 spiro atoms. The van der Waals surface area contributed by atoms with E-state index in [0.29, 0.717) is 12.5 Å². The minimum absolute atomic E-state index is 0.00784. The summed E-state index contributed by atoms with van der Waals surface area (Å²) in [6, 6.07) is 8.17. The van der Waals surface area contributed by atoms with E-state index in [1.165, 1.54) is 11.1 Å². The van der Waals surface area contributed by atoms with Gasteiger partial charge in [-0.05, 0) is 35.4 Å². The molecule has 2 unspecified atom stereocenters. The maximum Gasteiger partial charge on any atom is 0.223 e. The number of carbonyl (C=O) groups is 1. The van der Waals surface area contributed by atoms with Gasteiger partial charge in [0, 0.05) is 30.6 Å². The fourth-order valence-corrected chi connectivity index (χ4v) is 3.23. The van der Waals surface area contributed by atoms with Gasteiger partial charge >= 0.3 is 0 Å². The van der Waals surface area contributed by atoms with Crippen molar-refractivity contribution in [3.8, 4) is 0 Å². The molecule has 1 aromatic carbocycles. The molecule has 2 atom stereocenters. The minimum atomic E-state index is -0.179. The SMILES string of the molecule is CC(C)c1ccc(C(N)CNC(=O)C2CCc3cn[nH]c3C2)cc1. The van der Waals surface area contributed by atoms with E-state index in [4.69, 9.17) is 5.73 Å². The highest BCUT2D eigenvalue weighted by Gasteiger charge is 2.26. The number of H-pyrrole nitrogens is 1. The summed E-state index contributed by atoms with van der Waals surface area (Å²) >= 11 is 0. The van der Waals surface area contributed by atoms with Gasteiger partial charge in [0.25, 0.3) is 0 Å². The number of carbonyl (C=O) groups excluding carboxylic acids is 1. The lowest BCUT2D eigenvalue weighted by atomic mass is 9.87. The molecule has 1 aliphatic rings. The Morgan fingerprint density at radius 1 is 1.33 bits per heavy atom. The van der Waals surface area contributed by atoms with Crippen molar-refractivity contribution in [2.24, 2.45) is 11.7 Å².